The van der Waals surface area contributed by atoms with E-state index in [9.17, 15) is 4.79 Å². The molecule has 0 N–H and O–H groups in total. The van der Waals surface area contributed by atoms with Crippen molar-refractivity contribution in [3.05, 3.63) is 59.7 Å². The monoisotopic (exact) mass is 355 g/mol. The lowest BCUT2D eigenvalue weighted by Crippen LogP contribution is -2.34. The van der Waals surface area contributed by atoms with Gasteiger partial charge in [0.15, 0.2) is 0 Å². The summed E-state index contributed by atoms with van der Waals surface area (Å²) < 4.78 is 5.27. The highest BCUT2D eigenvalue weighted by molar-refractivity contribution is 7.98. The maximum atomic E-state index is 11.1. The fourth-order valence-electron chi connectivity index (χ4n) is 3.35. The van der Waals surface area contributed by atoms with E-state index in [1.54, 1.807) is 0 Å². The normalized spacial score (nSPS) is 16.9. The van der Waals surface area contributed by atoms with Crippen molar-refractivity contribution in [2.24, 2.45) is 0 Å². The Morgan fingerprint density at radius 1 is 1.20 bits per heavy atom. The molecule has 0 bridgehead atoms. The molecule has 0 radical (unpaired) electrons. The van der Waals surface area contributed by atoms with Crippen molar-refractivity contribution in [3.8, 4) is 0 Å². The van der Waals surface area contributed by atoms with E-state index >= 15 is 0 Å². The Kier molecular flexibility index (Phi) is 6.03. The van der Waals surface area contributed by atoms with E-state index in [-0.39, 0.29) is 12.0 Å². The molecule has 1 saturated heterocycles. The van der Waals surface area contributed by atoms with Gasteiger partial charge in [-0.05, 0) is 43.0 Å². The second-order valence-electron chi connectivity index (χ2n) is 6.47. The molecular formula is C21H25NO2S. The van der Waals surface area contributed by atoms with Gasteiger partial charge in [-0.3, -0.25) is 4.79 Å². The zero-order valence-electron chi connectivity index (χ0n) is 14.9. The van der Waals surface area contributed by atoms with Crippen molar-refractivity contribution in [3.63, 3.8) is 0 Å². The Morgan fingerprint density at radius 3 is 2.76 bits per heavy atom. The molecule has 2 aromatic carbocycles. The number of esters is 1. The summed E-state index contributed by atoms with van der Waals surface area (Å²) in [7, 11) is 0. The third kappa shape index (κ3) is 4.57. The number of hydrogen-bond acceptors (Lipinski definition) is 4. The number of nitrogens with zero attached hydrogens (tertiary/aromatic N) is 1. The van der Waals surface area contributed by atoms with Gasteiger partial charge >= 0.3 is 5.97 Å². The molecule has 0 saturated carbocycles. The van der Waals surface area contributed by atoms with Crippen LogP contribution in [0.15, 0.2) is 53.4 Å². The summed E-state index contributed by atoms with van der Waals surface area (Å²) >= 11 is 1.88. The summed E-state index contributed by atoms with van der Waals surface area (Å²) in [5.41, 5.74) is 3.93. The van der Waals surface area contributed by atoms with Gasteiger partial charge in [0.1, 0.15) is 6.61 Å². The number of benzene rings is 2. The van der Waals surface area contributed by atoms with Crippen molar-refractivity contribution in [1.82, 2.24) is 0 Å². The van der Waals surface area contributed by atoms with Crippen LogP contribution in [-0.2, 0) is 15.3 Å². The third-order valence-corrected chi connectivity index (χ3v) is 5.89. The SMILES string of the molecule is CC(=O)OC[C@H]1CCCN1c1cccc(SCc2ccccc2)c1C. The summed E-state index contributed by atoms with van der Waals surface area (Å²) in [5.74, 6) is 0.776. The van der Waals surface area contributed by atoms with Gasteiger partial charge < -0.3 is 9.64 Å². The van der Waals surface area contributed by atoms with Gasteiger partial charge in [-0.2, -0.15) is 0 Å². The maximum absolute atomic E-state index is 11.1. The second-order valence-corrected chi connectivity index (χ2v) is 7.48. The van der Waals surface area contributed by atoms with E-state index in [1.807, 2.05) is 11.8 Å². The van der Waals surface area contributed by atoms with Crippen LogP contribution in [-0.4, -0.2) is 25.2 Å². The molecule has 0 aromatic heterocycles. The number of carbonyl (C=O) groups excluding carboxylic acids is 1. The summed E-state index contributed by atoms with van der Waals surface area (Å²) in [6, 6.07) is 17.4. The van der Waals surface area contributed by atoms with Crippen molar-refractivity contribution in [1.29, 1.82) is 0 Å². The standard InChI is InChI=1S/C21H25NO2S/c1-16-20(22-13-7-10-19(22)14-24-17(2)23)11-6-12-21(16)25-15-18-8-4-3-5-9-18/h3-6,8-9,11-12,19H,7,10,13-15H2,1-2H3/t19-/m1/s1. The minimum atomic E-state index is -0.198. The Balaban J connectivity index is 1.72. The summed E-state index contributed by atoms with van der Waals surface area (Å²) in [5, 5.41) is 0. The molecule has 4 heteroatoms. The Bertz CT molecular complexity index is 717. The summed E-state index contributed by atoms with van der Waals surface area (Å²) in [4.78, 5) is 14.9. The Morgan fingerprint density at radius 2 is 2.00 bits per heavy atom. The fourth-order valence-corrected chi connectivity index (χ4v) is 4.36. The lowest BCUT2D eigenvalue weighted by atomic mass is 10.1. The maximum Gasteiger partial charge on any atom is 0.302 e. The van der Waals surface area contributed by atoms with Crippen LogP contribution in [0.1, 0.15) is 30.9 Å². The van der Waals surface area contributed by atoms with Crippen molar-refractivity contribution < 1.29 is 9.53 Å². The molecule has 1 atom stereocenters. The van der Waals surface area contributed by atoms with Crippen molar-refractivity contribution in [2.45, 2.75) is 43.4 Å². The van der Waals surface area contributed by atoms with Crippen LogP contribution in [0.4, 0.5) is 5.69 Å². The van der Waals surface area contributed by atoms with Crippen LogP contribution in [0, 0.1) is 6.92 Å². The topological polar surface area (TPSA) is 29.5 Å². The van der Waals surface area contributed by atoms with Crippen LogP contribution in [0.2, 0.25) is 0 Å². The number of thioether (sulfide) groups is 1. The zero-order chi connectivity index (χ0) is 17.6. The minimum Gasteiger partial charge on any atom is -0.464 e. The smallest absolute Gasteiger partial charge is 0.302 e. The highest BCUT2D eigenvalue weighted by Gasteiger charge is 2.27. The van der Waals surface area contributed by atoms with E-state index in [0.29, 0.717) is 6.61 Å². The average Bonchev–Trinajstić information content (AvgIpc) is 3.08. The van der Waals surface area contributed by atoms with E-state index in [0.717, 1.165) is 25.1 Å². The highest BCUT2D eigenvalue weighted by Crippen LogP contribution is 2.35. The molecule has 1 heterocycles. The van der Waals surface area contributed by atoms with Gasteiger partial charge in [-0.1, -0.05) is 36.4 Å². The molecule has 0 amide bonds. The lowest BCUT2D eigenvalue weighted by Gasteiger charge is -2.28. The number of anilines is 1. The largest absolute Gasteiger partial charge is 0.464 e. The quantitative estimate of drug-likeness (QED) is 0.549. The first-order valence-electron chi connectivity index (χ1n) is 8.81. The molecule has 132 valence electrons. The van der Waals surface area contributed by atoms with E-state index in [2.05, 4.69) is 60.4 Å². The molecule has 1 fully saturated rings. The predicted octanol–water partition coefficient (Wildman–Crippen LogP) is 4.82. The molecule has 1 aliphatic heterocycles. The van der Waals surface area contributed by atoms with Crippen LogP contribution in [0.5, 0.6) is 0 Å². The lowest BCUT2D eigenvalue weighted by molar-refractivity contribution is -0.141. The molecule has 1 aliphatic rings. The fraction of sp³-hybridized carbons (Fsp3) is 0.381. The van der Waals surface area contributed by atoms with Crippen LogP contribution in [0.25, 0.3) is 0 Å². The van der Waals surface area contributed by atoms with E-state index in [4.69, 9.17) is 4.74 Å². The third-order valence-electron chi connectivity index (χ3n) is 4.66. The number of carbonyl (C=O) groups is 1. The van der Waals surface area contributed by atoms with Crippen LogP contribution >= 0.6 is 11.8 Å². The molecule has 0 aliphatic carbocycles. The first kappa shape index (κ1) is 17.9. The molecule has 2 aromatic rings. The molecule has 25 heavy (non-hydrogen) atoms. The number of ether oxygens (including phenoxy) is 1. The summed E-state index contributed by atoms with van der Waals surface area (Å²) in [6.07, 6.45) is 2.22. The first-order chi connectivity index (χ1) is 12.1. The van der Waals surface area contributed by atoms with Crippen LogP contribution in [0.3, 0.4) is 0 Å². The van der Waals surface area contributed by atoms with Crippen molar-refractivity contribution in [2.75, 3.05) is 18.1 Å². The summed E-state index contributed by atoms with van der Waals surface area (Å²) in [6.45, 7) is 5.19. The van der Waals surface area contributed by atoms with Crippen LogP contribution < -0.4 is 4.90 Å². The van der Waals surface area contributed by atoms with Gasteiger partial charge in [0.05, 0.1) is 6.04 Å². The number of hydrogen-bond donors (Lipinski definition) is 0. The highest BCUT2D eigenvalue weighted by atomic mass is 32.2. The Hall–Kier alpha value is -1.94. The first-order valence-corrected chi connectivity index (χ1v) is 9.80. The van der Waals surface area contributed by atoms with Gasteiger partial charge in [0, 0.05) is 29.8 Å². The van der Waals surface area contributed by atoms with Gasteiger partial charge in [-0.25, -0.2) is 0 Å². The van der Waals surface area contributed by atoms with E-state index in [1.165, 1.54) is 28.6 Å². The molecule has 0 unspecified atom stereocenters. The zero-order valence-corrected chi connectivity index (χ0v) is 15.7. The minimum absolute atomic E-state index is 0.198. The number of rotatable bonds is 6. The average molecular weight is 356 g/mol. The van der Waals surface area contributed by atoms with Gasteiger partial charge in [0.2, 0.25) is 0 Å². The van der Waals surface area contributed by atoms with Gasteiger partial charge in [-0.15, -0.1) is 11.8 Å². The predicted molar refractivity (Wildman–Crippen MR) is 104 cm³/mol. The molecule has 3 nitrogen and oxygen atoms in total. The molecular weight excluding hydrogens is 330 g/mol. The van der Waals surface area contributed by atoms with Gasteiger partial charge in [0.25, 0.3) is 0 Å². The second kappa shape index (κ2) is 8.43. The van der Waals surface area contributed by atoms with E-state index < -0.39 is 0 Å². The van der Waals surface area contributed by atoms with Crippen molar-refractivity contribution >= 4 is 23.4 Å². The molecule has 3 rings (SSSR count). The molecule has 0 spiro atoms. The Labute approximate surface area is 154 Å².